The van der Waals surface area contributed by atoms with Crippen molar-refractivity contribution in [2.24, 2.45) is 0 Å². The molecule has 0 saturated carbocycles. The summed E-state index contributed by atoms with van der Waals surface area (Å²) in [6.45, 7) is 6.37. The van der Waals surface area contributed by atoms with Gasteiger partial charge in [-0.25, -0.2) is 4.98 Å². The van der Waals surface area contributed by atoms with E-state index in [1.165, 1.54) is 10.4 Å². The van der Waals surface area contributed by atoms with Crippen LogP contribution < -0.4 is 15.0 Å². The maximum absolute atomic E-state index is 5.50. The third kappa shape index (κ3) is 4.34. The zero-order chi connectivity index (χ0) is 18.5. The molecule has 4 rings (SSSR count). The van der Waals surface area contributed by atoms with Crippen LogP contribution in [0.25, 0.3) is 10.2 Å². The van der Waals surface area contributed by atoms with E-state index in [9.17, 15) is 0 Å². The van der Waals surface area contributed by atoms with E-state index >= 15 is 0 Å². The van der Waals surface area contributed by atoms with Crippen LogP contribution in [0.4, 0.5) is 10.8 Å². The molecule has 0 radical (unpaired) electrons. The minimum Gasteiger partial charge on any atom is -0.495 e. The Morgan fingerprint density at radius 1 is 1.04 bits per heavy atom. The molecule has 1 aliphatic heterocycles. The van der Waals surface area contributed by atoms with Gasteiger partial charge in [0.15, 0.2) is 5.13 Å². The molecule has 0 aliphatic carbocycles. The van der Waals surface area contributed by atoms with Crippen LogP contribution in [0.1, 0.15) is 6.42 Å². The summed E-state index contributed by atoms with van der Waals surface area (Å²) >= 11 is 1.73. The number of nitrogens with zero attached hydrogens (tertiary/aromatic N) is 3. The number of nitrogens with one attached hydrogen (secondary N) is 1. The quantitative estimate of drug-likeness (QED) is 0.627. The molecule has 1 aromatic heterocycles. The number of thiazole rings is 1. The zero-order valence-electron chi connectivity index (χ0n) is 15.7. The van der Waals surface area contributed by atoms with Gasteiger partial charge in [0, 0.05) is 32.7 Å². The van der Waals surface area contributed by atoms with Crippen LogP contribution in [0.3, 0.4) is 0 Å². The van der Waals surface area contributed by atoms with Crippen molar-refractivity contribution in [3.63, 3.8) is 0 Å². The number of rotatable bonds is 7. The zero-order valence-corrected chi connectivity index (χ0v) is 16.5. The first kappa shape index (κ1) is 18.1. The third-order valence-electron chi connectivity index (χ3n) is 5.02. The minimum absolute atomic E-state index is 0.964. The smallest absolute Gasteiger partial charge is 0.183 e. The first-order valence-electron chi connectivity index (χ1n) is 9.53. The molecule has 1 N–H and O–H groups in total. The van der Waals surface area contributed by atoms with Gasteiger partial charge >= 0.3 is 0 Å². The molecule has 3 aromatic rings. The van der Waals surface area contributed by atoms with Crippen molar-refractivity contribution in [2.75, 3.05) is 56.6 Å². The van der Waals surface area contributed by atoms with Crippen LogP contribution in [-0.4, -0.2) is 56.3 Å². The molecule has 0 unspecified atom stereocenters. The van der Waals surface area contributed by atoms with Crippen LogP contribution in [-0.2, 0) is 0 Å². The molecule has 1 aliphatic rings. The summed E-state index contributed by atoms with van der Waals surface area (Å²) in [4.78, 5) is 9.61. The molecule has 1 fully saturated rings. The van der Waals surface area contributed by atoms with E-state index in [0.29, 0.717) is 0 Å². The summed E-state index contributed by atoms with van der Waals surface area (Å²) < 4.78 is 6.74. The van der Waals surface area contributed by atoms with Crippen molar-refractivity contribution < 1.29 is 4.74 Å². The lowest BCUT2D eigenvalue weighted by atomic mass is 10.2. The predicted molar refractivity (Wildman–Crippen MR) is 114 cm³/mol. The Labute approximate surface area is 164 Å². The predicted octanol–water partition coefficient (Wildman–Crippen LogP) is 3.93. The monoisotopic (exact) mass is 382 g/mol. The number of ether oxygens (including phenoxy) is 1. The lowest BCUT2D eigenvalue weighted by Gasteiger charge is -2.36. The number of aromatic nitrogens is 1. The normalized spacial score (nSPS) is 15.2. The SMILES string of the molecule is COc1ccccc1N1CCN(CCCNc2nc3ccccc3s2)CC1. The highest BCUT2D eigenvalue weighted by molar-refractivity contribution is 7.22. The number of fused-ring (bicyclic) bond motifs is 1. The van der Waals surface area contributed by atoms with Crippen molar-refractivity contribution in [2.45, 2.75) is 6.42 Å². The van der Waals surface area contributed by atoms with Gasteiger partial charge in [-0.3, -0.25) is 4.90 Å². The fourth-order valence-electron chi connectivity index (χ4n) is 3.55. The molecule has 0 spiro atoms. The van der Waals surface area contributed by atoms with Crippen molar-refractivity contribution in [1.82, 2.24) is 9.88 Å². The van der Waals surface area contributed by atoms with Gasteiger partial charge in [-0.15, -0.1) is 0 Å². The molecule has 6 heteroatoms. The summed E-state index contributed by atoms with van der Waals surface area (Å²) in [6.07, 6.45) is 1.13. The maximum Gasteiger partial charge on any atom is 0.183 e. The molecule has 0 bridgehead atoms. The van der Waals surface area contributed by atoms with E-state index in [-0.39, 0.29) is 0 Å². The number of piperazine rings is 1. The summed E-state index contributed by atoms with van der Waals surface area (Å²) in [5.74, 6) is 0.964. The van der Waals surface area contributed by atoms with Crippen LogP contribution in [0.2, 0.25) is 0 Å². The Morgan fingerprint density at radius 2 is 1.81 bits per heavy atom. The second kappa shape index (κ2) is 8.59. The summed E-state index contributed by atoms with van der Waals surface area (Å²) in [5.41, 5.74) is 2.29. The molecule has 27 heavy (non-hydrogen) atoms. The molecule has 0 amide bonds. The highest BCUT2D eigenvalue weighted by atomic mass is 32.1. The molecule has 0 atom stereocenters. The Morgan fingerprint density at radius 3 is 2.63 bits per heavy atom. The molecule has 142 valence electrons. The fourth-order valence-corrected chi connectivity index (χ4v) is 4.44. The number of methoxy groups -OCH3 is 1. The summed E-state index contributed by atoms with van der Waals surface area (Å²) in [5, 5.41) is 4.50. The molecule has 1 saturated heterocycles. The number of hydrogen-bond acceptors (Lipinski definition) is 6. The number of benzene rings is 2. The largest absolute Gasteiger partial charge is 0.495 e. The lowest BCUT2D eigenvalue weighted by Crippen LogP contribution is -2.46. The van der Waals surface area contributed by atoms with Gasteiger partial charge in [0.1, 0.15) is 5.75 Å². The van der Waals surface area contributed by atoms with Gasteiger partial charge in [-0.05, 0) is 37.2 Å². The molecular weight excluding hydrogens is 356 g/mol. The second-order valence-electron chi connectivity index (χ2n) is 6.77. The molecule has 2 aromatic carbocycles. The Hall–Kier alpha value is -2.31. The molecular formula is C21H26N4OS. The standard InChI is InChI=1S/C21H26N4OS/c1-26-19-9-4-3-8-18(19)25-15-13-24(14-16-25)12-6-11-22-21-23-17-7-2-5-10-20(17)27-21/h2-5,7-10H,6,11-16H2,1H3,(H,22,23). The first-order chi connectivity index (χ1) is 13.3. The van der Waals surface area contributed by atoms with E-state index in [1.54, 1.807) is 18.4 Å². The maximum atomic E-state index is 5.50. The third-order valence-corrected chi connectivity index (χ3v) is 6.01. The Kier molecular flexibility index (Phi) is 5.75. The van der Waals surface area contributed by atoms with Gasteiger partial charge in [0.05, 0.1) is 23.0 Å². The van der Waals surface area contributed by atoms with Crippen LogP contribution in [0.5, 0.6) is 5.75 Å². The molecule has 2 heterocycles. The van der Waals surface area contributed by atoms with E-state index in [1.807, 2.05) is 18.2 Å². The van der Waals surface area contributed by atoms with Crippen LogP contribution >= 0.6 is 11.3 Å². The number of para-hydroxylation sites is 3. The van der Waals surface area contributed by atoms with Crippen LogP contribution in [0.15, 0.2) is 48.5 Å². The van der Waals surface area contributed by atoms with Gasteiger partial charge in [-0.2, -0.15) is 0 Å². The lowest BCUT2D eigenvalue weighted by molar-refractivity contribution is 0.256. The highest BCUT2D eigenvalue weighted by Gasteiger charge is 2.19. The topological polar surface area (TPSA) is 40.6 Å². The fraction of sp³-hybridized carbons (Fsp3) is 0.381. The second-order valence-corrected chi connectivity index (χ2v) is 7.80. The van der Waals surface area contributed by atoms with Crippen molar-refractivity contribution in [3.05, 3.63) is 48.5 Å². The number of hydrogen-bond donors (Lipinski definition) is 1. The van der Waals surface area contributed by atoms with E-state index in [0.717, 1.165) is 62.1 Å². The minimum atomic E-state index is 0.964. The van der Waals surface area contributed by atoms with Crippen molar-refractivity contribution >= 4 is 32.4 Å². The van der Waals surface area contributed by atoms with Crippen molar-refractivity contribution in [3.8, 4) is 5.75 Å². The van der Waals surface area contributed by atoms with Gasteiger partial charge in [0.2, 0.25) is 0 Å². The average Bonchev–Trinajstić information content (AvgIpc) is 3.14. The Balaban J connectivity index is 1.20. The van der Waals surface area contributed by atoms with Gasteiger partial charge < -0.3 is 15.0 Å². The van der Waals surface area contributed by atoms with Gasteiger partial charge in [-0.1, -0.05) is 35.6 Å². The van der Waals surface area contributed by atoms with Crippen LogP contribution in [0, 0.1) is 0 Å². The Bertz CT molecular complexity index is 840. The molecule has 5 nitrogen and oxygen atoms in total. The first-order valence-corrected chi connectivity index (χ1v) is 10.3. The highest BCUT2D eigenvalue weighted by Crippen LogP contribution is 2.28. The van der Waals surface area contributed by atoms with E-state index < -0.39 is 0 Å². The van der Waals surface area contributed by atoms with E-state index in [4.69, 9.17) is 4.74 Å². The number of anilines is 2. The average molecular weight is 383 g/mol. The van der Waals surface area contributed by atoms with Crippen molar-refractivity contribution in [1.29, 1.82) is 0 Å². The van der Waals surface area contributed by atoms with Gasteiger partial charge in [0.25, 0.3) is 0 Å². The summed E-state index contributed by atoms with van der Waals surface area (Å²) in [6, 6.07) is 16.6. The van der Waals surface area contributed by atoms with E-state index in [2.05, 4.69) is 50.4 Å². The summed E-state index contributed by atoms with van der Waals surface area (Å²) in [7, 11) is 1.74.